The highest BCUT2D eigenvalue weighted by atomic mass is 16.3. The average Bonchev–Trinajstić information content (AvgIpc) is 3.27. The summed E-state index contributed by atoms with van der Waals surface area (Å²) in [6.45, 7) is 6.48. The zero-order valence-electron chi connectivity index (χ0n) is 19.5. The summed E-state index contributed by atoms with van der Waals surface area (Å²) in [6, 6.07) is 21.8. The van der Waals surface area contributed by atoms with E-state index in [4.69, 9.17) is 5.26 Å². The number of aromatic nitrogens is 4. The molecule has 0 amide bonds. The first kappa shape index (κ1) is 23.1. The van der Waals surface area contributed by atoms with Crippen molar-refractivity contribution < 1.29 is 5.11 Å². The molecule has 0 unspecified atom stereocenters. The fourth-order valence-corrected chi connectivity index (χ4v) is 3.80. The van der Waals surface area contributed by atoms with Crippen LogP contribution in [0, 0.1) is 25.2 Å². The van der Waals surface area contributed by atoms with E-state index >= 15 is 0 Å². The lowest BCUT2D eigenvalue weighted by atomic mass is 10.1. The highest BCUT2D eigenvalue weighted by Gasteiger charge is 2.15. The van der Waals surface area contributed by atoms with Gasteiger partial charge in [-0.15, -0.1) is 10.2 Å². The average molecular weight is 453 g/mol. The van der Waals surface area contributed by atoms with Crippen LogP contribution in [-0.2, 0) is 26.1 Å². The summed E-state index contributed by atoms with van der Waals surface area (Å²) in [5.74, 6) is 1.03. The van der Waals surface area contributed by atoms with E-state index in [9.17, 15) is 5.11 Å². The first-order valence-corrected chi connectivity index (χ1v) is 11.3. The lowest BCUT2D eigenvalue weighted by Crippen LogP contribution is -2.27. The first-order chi connectivity index (χ1) is 16.5. The number of rotatable bonds is 9. The van der Waals surface area contributed by atoms with Crippen molar-refractivity contribution in [2.45, 2.75) is 39.9 Å². The van der Waals surface area contributed by atoms with Crippen molar-refractivity contribution in [1.29, 1.82) is 5.26 Å². The van der Waals surface area contributed by atoms with Crippen molar-refractivity contribution in [2.24, 2.45) is 0 Å². The molecule has 0 aliphatic rings. The van der Waals surface area contributed by atoms with Crippen molar-refractivity contribution in [3.63, 3.8) is 0 Å². The molecule has 0 spiro atoms. The van der Waals surface area contributed by atoms with Crippen LogP contribution in [0.25, 0.3) is 0 Å². The van der Waals surface area contributed by atoms with Gasteiger partial charge in [0.05, 0.1) is 30.4 Å². The molecule has 0 fully saturated rings. The predicted molar refractivity (Wildman–Crippen MR) is 130 cm³/mol. The van der Waals surface area contributed by atoms with Gasteiger partial charge in [-0.25, -0.2) is 0 Å². The Bertz CT molecular complexity index is 1270. The molecule has 4 aromatic rings. The Kier molecular flexibility index (Phi) is 7.31. The molecule has 0 atom stereocenters. The SMILES string of the molecule is Cc1ccc(CCN(Cc2nc(C)ccc2O)Cc2nncn2Cc2ccc(C#N)cc2)cc1. The molecule has 1 N–H and O–H groups in total. The van der Waals surface area contributed by atoms with Gasteiger partial charge in [0.25, 0.3) is 0 Å². The van der Waals surface area contributed by atoms with E-state index < -0.39 is 0 Å². The van der Waals surface area contributed by atoms with E-state index in [1.54, 1.807) is 12.4 Å². The number of benzene rings is 2. The zero-order valence-corrected chi connectivity index (χ0v) is 19.5. The Morgan fingerprint density at radius 2 is 1.68 bits per heavy atom. The third kappa shape index (κ3) is 6.06. The first-order valence-electron chi connectivity index (χ1n) is 11.3. The van der Waals surface area contributed by atoms with Gasteiger partial charge in [0.15, 0.2) is 0 Å². The number of hydrogen-bond donors (Lipinski definition) is 1. The standard InChI is InChI=1S/C27H28N6O/c1-20-3-6-22(7-4-20)13-14-32(17-25-26(34)12-5-21(2)30-25)18-27-31-29-19-33(27)16-24-10-8-23(15-28)9-11-24/h3-12,19,34H,13-14,16-18H2,1-2H3. The van der Waals surface area contributed by atoms with Crippen molar-refractivity contribution in [2.75, 3.05) is 6.54 Å². The molecular weight excluding hydrogens is 424 g/mol. The Hall–Kier alpha value is -4.02. The van der Waals surface area contributed by atoms with Gasteiger partial charge in [0, 0.05) is 18.8 Å². The maximum Gasteiger partial charge on any atom is 0.147 e. The molecule has 4 rings (SSSR count). The summed E-state index contributed by atoms with van der Waals surface area (Å²) >= 11 is 0. The van der Waals surface area contributed by atoms with Crippen LogP contribution in [0.2, 0.25) is 0 Å². The monoisotopic (exact) mass is 452 g/mol. The molecule has 7 heteroatoms. The van der Waals surface area contributed by atoms with E-state index in [2.05, 4.69) is 57.3 Å². The lowest BCUT2D eigenvalue weighted by molar-refractivity contribution is 0.243. The predicted octanol–water partition coefficient (Wildman–Crippen LogP) is 4.16. The van der Waals surface area contributed by atoms with Gasteiger partial charge in [-0.3, -0.25) is 9.88 Å². The van der Waals surface area contributed by atoms with Crippen LogP contribution in [0.3, 0.4) is 0 Å². The van der Waals surface area contributed by atoms with Gasteiger partial charge in [0.1, 0.15) is 17.9 Å². The van der Waals surface area contributed by atoms with Crippen molar-refractivity contribution in [3.8, 4) is 11.8 Å². The molecule has 0 saturated heterocycles. The Morgan fingerprint density at radius 1 is 0.941 bits per heavy atom. The van der Waals surface area contributed by atoms with Crippen LogP contribution in [-0.4, -0.2) is 36.3 Å². The molecular formula is C27H28N6O. The highest BCUT2D eigenvalue weighted by molar-refractivity contribution is 5.32. The minimum atomic E-state index is 0.199. The Balaban J connectivity index is 1.52. The van der Waals surface area contributed by atoms with Gasteiger partial charge < -0.3 is 9.67 Å². The maximum atomic E-state index is 10.4. The maximum absolute atomic E-state index is 10.4. The number of aryl methyl sites for hydroxylation is 2. The molecule has 0 radical (unpaired) electrons. The Morgan fingerprint density at radius 3 is 2.41 bits per heavy atom. The van der Waals surface area contributed by atoms with Crippen molar-refractivity contribution >= 4 is 0 Å². The van der Waals surface area contributed by atoms with Gasteiger partial charge in [-0.2, -0.15) is 5.26 Å². The summed E-state index contributed by atoms with van der Waals surface area (Å²) < 4.78 is 2.02. The van der Waals surface area contributed by atoms with Crippen LogP contribution in [0.4, 0.5) is 0 Å². The van der Waals surface area contributed by atoms with Crippen LogP contribution >= 0.6 is 0 Å². The third-order valence-corrected chi connectivity index (χ3v) is 5.80. The largest absolute Gasteiger partial charge is 0.506 e. The second-order valence-electron chi connectivity index (χ2n) is 8.55. The van der Waals surface area contributed by atoms with E-state index in [0.29, 0.717) is 30.9 Å². The number of aromatic hydroxyl groups is 1. The van der Waals surface area contributed by atoms with Gasteiger partial charge in [0.2, 0.25) is 0 Å². The second kappa shape index (κ2) is 10.7. The van der Waals surface area contributed by atoms with Crippen molar-refractivity contribution in [3.05, 3.63) is 106 Å². The molecule has 0 bridgehead atoms. The van der Waals surface area contributed by atoms with Gasteiger partial charge in [-0.1, -0.05) is 42.0 Å². The molecule has 2 aromatic heterocycles. The fourth-order valence-electron chi connectivity index (χ4n) is 3.80. The number of pyridine rings is 1. The quantitative estimate of drug-likeness (QED) is 0.410. The molecule has 0 aliphatic carbocycles. The van der Waals surface area contributed by atoms with Crippen LogP contribution in [0.5, 0.6) is 5.75 Å². The zero-order chi connectivity index (χ0) is 23.9. The highest BCUT2D eigenvalue weighted by Crippen LogP contribution is 2.19. The minimum Gasteiger partial charge on any atom is -0.506 e. The smallest absolute Gasteiger partial charge is 0.147 e. The van der Waals surface area contributed by atoms with E-state index in [-0.39, 0.29) is 5.75 Å². The molecule has 2 aromatic carbocycles. The fraction of sp³-hybridized carbons (Fsp3) is 0.259. The number of nitrogens with zero attached hydrogens (tertiary/aromatic N) is 6. The molecule has 172 valence electrons. The molecule has 0 saturated carbocycles. The molecule has 34 heavy (non-hydrogen) atoms. The topological polar surface area (TPSA) is 90.9 Å². The molecule has 7 nitrogen and oxygen atoms in total. The normalized spacial score (nSPS) is 11.0. The van der Waals surface area contributed by atoms with Crippen molar-refractivity contribution in [1.82, 2.24) is 24.6 Å². The summed E-state index contributed by atoms with van der Waals surface area (Å²) in [7, 11) is 0. The van der Waals surface area contributed by atoms with E-state index in [1.807, 2.05) is 41.8 Å². The summed E-state index contributed by atoms with van der Waals surface area (Å²) in [4.78, 5) is 6.79. The summed E-state index contributed by atoms with van der Waals surface area (Å²) in [6.07, 6.45) is 2.60. The van der Waals surface area contributed by atoms with E-state index in [0.717, 1.165) is 30.0 Å². The second-order valence-corrected chi connectivity index (χ2v) is 8.55. The number of hydrogen-bond acceptors (Lipinski definition) is 6. The lowest BCUT2D eigenvalue weighted by Gasteiger charge is -2.22. The third-order valence-electron chi connectivity index (χ3n) is 5.80. The van der Waals surface area contributed by atoms with E-state index in [1.165, 1.54) is 11.1 Å². The van der Waals surface area contributed by atoms with Gasteiger partial charge >= 0.3 is 0 Å². The van der Waals surface area contributed by atoms with Gasteiger partial charge in [-0.05, 0) is 55.7 Å². The molecule has 0 aliphatic heterocycles. The van der Waals surface area contributed by atoms with Crippen LogP contribution in [0.15, 0.2) is 67.0 Å². The van der Waals surface area contributed by atoms with Crippen LogP contribution in [0.1, 0.15) is 39.5 Å². The summed E-state index contributed by atoms with van der Waals surface area (Å²) in [5, 5.41) is 27.9. The summed E-state index contributed by atoms with van der Waals surface area (Å²) in [5.41, 5.74) is 5.74. The minimum absolute atomic E-state index is 0.199. The van der Waals surface area contributed by atoms with Crippen LogP contribution < -0.4 is 0 Å². The Labute approximate surface area is 200 Å². The number of nitriles is 1. The molecule has 2 heterocycles.